The number of rotatable bonds is 7. The summed E-state index contributed by atoms with van der Waals surface area (Å²) in [5, 5.41) is 10.6. The van der Waals surface area contributed by atoms with E-state index in [1.807, 2.05) is 24.3 Å². The summed E-state index contributed by atoms with van der Waals surface area (Å²) in [5.74, 6) is 0.580. The van der Waals surface area contributed by atoms with Crippen LogP contribution in [0.3, 0.4) is 0 Å². The molecule has 21 heavy (non-hydrogen) atoms. The zero-order valence-electron chi connectivity index (χ0n) is 11.3. The third-order valence-corrected chi connectivity index (χ3v) is 3.17. The van der Waals surface area contributed by atoms with Crippen molar-refractivity contribution in [2.75, 3.05) is 13.2 Å². The second kappa shape index (κ2) is 7.75. The van der Waals surface area contributed by atoms with Crippen molar-refractivity contribution >= 4 is 21.8 Å². The van der Waals surface area contributed by atoms with Gasteiger partial charge in [-0.25, -0.2) is 4.68 Å². The molecule has 2 aromatic rings. The van der Waals surface area contributed by atoms with Gasteiger partial charge >= 0.3 is 0 Å². The van der Waals surface area contributed by atoms with Crippen LogP contribution in [0, 0.1) is 0 Å². The number of nitrogens with two attached hydrogens (primary N) is 1. The van der Waals surface area contributed by atoms with E-state index in [0.29, 0.717) is 25.4 Å². The van der Waals surface area contributed by atoms with Crippen LogP contribution in [0.25, 0.3) is 0 Å². The lowest BCUT2D eigenvalue weighted by Gasteiger charge is -2.05. The van der Waals surface area contributed by atoms with Gasteiger partial charge in [0.05, 0.1) is 25.8 Å². The molecular weight excluding hydrogens is 338 g/mol. The van der Waals surface area contributed by atoms with E-state index in [-0.39, 0.29) is 12.5 Å². The number of hydrogen-bond acceptors (Lipinski definition) is 5. The minimum Gasteiger partial charge on any atom is -0.492 e. The lowest BCUT2D eigenvalue weighted by Crippen LogP contribution is -2.29. The first-order valence-electron chi connectivity index (χ1n) is 6.41. The van der Waals surface area contributed by atoms with Crippen LogP contribution >= 0.6 is 15.9 Å². The largest absolute Gasteiger partial charge is 0.492 e. The molecule has 0 unspecified atom stereocenters. The van der Waals surface area contributed by atoms with Crippen molar-refractivity contribution in [1.82, 2.24) is 20.3 Å². The van der Waals surface area contributed by atoms with Gasteiger partial charge in [-0.15, -0.1) is 5.10 Å². The van der Waals surface area contributed by atoms with Crippen molar-refractivity contribution in [3.8, 4) is 5.75 Å². The molecule has 0 spiro atoms. The van der Waals surface area contributed by atoms with Crippen LogP contribution in [0.4, 0.5) is 0 Å². The predicted molar refractivity (Wildman–Crippen MR) is 80.6 cm³/mol. The minimum atomic E-state index is -0.219. The van der Waals surface area contributed by atoms with E-state index in [2.05, 4.69) is 31.6 Å². The quantitative estimate of drug-likeness (QED) is 0.763. The Morgan fingerprint density at radius 2 is 2.14 bits per heavy atom. The molecule has 3 N–H and O–H groups in total. The Labute approximate surface area is 130 Å². The summed E-state index contributed by atoms with van der Waals surface area (Å²) >= 11 is 3.37. The average molecular weight is 354 g/mol. The lowest BCUT2D eigenvalue weighted by molar-refractivity contribution is -0.119. The van der Waals surface area contributed by atoms with Crippen molar-refractivity contribution in [3.05, 3.63) is 40.6 Å². The Morgan fingerprint density at radius 1 is 1.38 bits per heavy atom. The van der Waals surface area contributed by atoms with Gasteiger partial charge in [-0.2, -0.15) is 0 Å². The molecule has 0 aliphatic carbocycles. The molecule has 1 heterocycles. The fourth-order valence-electron chi connectivity index (χ4n) is 1.58. The maximum absolute atomic E-state index is 11.0. The number of nitrogens with one attached hydrogen (secondary N) is 1. The number of aromatic nitrogens is 3. The maximum Gasteiger partial charge on any atom is 0.234 e. The highest BCUT2D eigenvalue weighted by atomic mass is 79.9. The molecule has 0 aliphatic heterocycles. The van der Waals surface area contributed by atoms with Crippen molar-refractivity contribution in [2.24, 2.45) is 5.73 Å². The van der Waals surface area contributed by atoms with Gasteiger partial charge in [-0.3, -0.25) is 4.79 Å². The third-order valence-electron chi connectivity index (χ3n) is 2.64. The van der Waals surface area contributed by atoms with Crippen LogP contribution in [0.1, 0.15) is 5.69 Å². The molecular formula is C13H16BrN5O2. The molecule has 112 valence electrons. The molecule has 0 radical (unpaired) electrons. The summed E-state index contributed by atoms with van der Waals surface area (Å²) in [4.78, 5) is 11.0. The monoisotopic (exact) mass is 353 g/mol. The SMILES string of the molecule is NCC(=O)NCc1cn(CCOc2ccc(Br)cc2)nn1. The second-order valence-electron chi connectivity index (χ2n) is 4.26. The topological polar surface area (TPSA) is 95.1 Å². The van der Waals surface area contributed by atoms with Crippen LogP contribution in [0.15, 0.2) is 34.9 Å². The second-order valence-corrected chi connectivity index (χ2v) is 5.17. The molecule has 1 aromatic heterocycles. The molecule has 0 saturated carbocycles. The van der Waals surface area contributed by atoms with Crippen LogP contribution in [-0.2, 0) is 17.9 Å². The van der Waals surface area contributed by atoms with Crippen LogP contribution in [0.2, 0.25) is 0 Å². The highest BCUT2D eigenvalue weighted by molar-refractivity contribution is 9.10. The summed E-state index contributed by atoms with van der Waals surface area (Å²) < 4.78 is 8.27. The van der Waals surface area contributed by atoms with Gasteiger partial charge in [0.2, 0.25) is 5.91 Å². The van der Waals surface area contributed by atoms with Gasteiger partial charge in [0.15, 0.2) is 0 Å². The number of amides is 1. The fraction of sp³-hybridized carbons (Fsp3) is 0.308. The number of nitrogens with zero attached hydrogens (tertiary/aromatic N) is 3. The fourth-order valence-corrected chi connectivity index (χ4v) is 1.84. The predicted octanol–water partition coefficient (Wildman–Crippen LogP) is 0.695. The molecule has 1 amide bonds. The minimum absolute atomic E-state index is 0.0326. The van der Waals surface area contributed by atoms with Crippen LogP contribution in [-0.4, -0.2) is 34.1 Å². The molecule has 2 rings (SSSR count). The normalized spacial score (nSPS) is 10.4. The summed E-state index contributed by atoms with van der Waals surface area (Å²) in [6.45, 7) is 1.35. The molecule has 0 bridgehead atoms. The Morgan fingerprint density at radius 3 is 2.86 bits per heavy atom. The highest BCUT2D eigenvalue weighted by Crippen LogP contribution is 2.15. The molecule has 0 atom stereocenters. The first-order valence-corrected chi connectivity index (χ1v) is 7.21. The van der Waals surface area contributed by atoms with E-state index < -0.39 is 0 Å². The standard InChI is InChI=1S/C13H16BrN5O2/c14-10-1-3-12(4-2-10)21-6-5-19-9-11(17-18-19)8-16-13(20)7-15/h1-4,9H,5-8,15H2,(H,16,20). The zero-order valence-corrected chi connectivity index (χ0v) is 12.9. The van der Waals surface area contributed by atoms with Crippen molar-refractivity contribution in [2.45, 2.75) is 13.1 Å². The van der Waals surface area contributed by atoms with Gasteiger partial charge in [0, 0.05) is 4.47 Å². The van der Waals surface area contributed by atoms with Crippen LogP contribution in [0.5, 0.6) is 5.75 Å². The Kier molecular flexibility index (Phi) is 5.70. The average Bonchev–Trinajstić information content (AvgIpc) is 2.95. The van der Waals surface area contributed by atoms with Gasteiger partial charge in [-0.1, -0.05) is 21.1 Å². The maximum atomic E-state index is 11.0. The van der Waals surface area contributed by atoms with Crippen molar-refractivity contribution < 1.29 is 9.53 Å². The van der Waals surface area contributed by atoms with E-state index in [0.717, 1.165) is 10.2 Å². The van der Waals surface area contributed by atoms with E-state index in [9.17, 15) is 4.79 Å². The Balaban J connectivity index is 1.75. The van der Waals surface area contributed by atoms with E-state index >= 15 is 0 Å². The van der Waals surface area contributed by atoms with Crippen molar-refractivity contribution in [3.63, 3.8) is 0 Å². The summed E-state index contributed by atoms with van der Waals surface area (Å²) in [6, 6.07) is 7.62. The number of carbonyl (C=O) groups is 1. The summed E-state index contributed by atoms with van der Waals surface area (Å²) in [6.07, 6.45) is 1.77. The van der Waals surface area contributed by atoms with E-state index in [4.69, 9.17) is 10.5 Å². The number of ether oxygens (including phenoxy) is 1. The smallest absolute Gasteiger partial charge is 0.234 e. The first kappa shape index (κ1) is 15.5. The summed E-state index contributed by atoms with van der Waals surface area (Å²) in [5.41, 5.74) is 5.88. The van der Waals surface area contributed by atoms with E-state index in [1.54, 1.807) is 10.9 Å². The van der Waals surface area contributed by atoms with Gasteiger partial charge in [-0.05, 0) is 24.3 Å². The number of hydrogen-bond donors (Lipinski definition) is 2. The number of benzene rings is 1. The molecule has 0 aliphatic rings. The zero-order chi connectivity index (χ0) is 15.1. The molecule has 1 aromatic carbocycles. The Hall–Kier alpha value is -1.93. The number of carbonyl (C=O) groups excluding carboxylic acids is 1. The number of halogens is 1. The molecule has 0 fully saturated rings. The molecule has 0 saturated heterocycles. The van der Waals surface area contributed by atoms with Gasteiger partial charge in [0.1, 0.15) is 18.1 Å². The third kappa shape index (κ3) is 5.16. The summed E-state index contributed by atoms with van der Waals surface area (Å²) in [7, 11) is 0. The lowest BCUT2D eigenvalue weighted by atomic mass is 10.3. The molecule has 7 nitrogen and oxygen atoms in total. The Bertz CT molecular complexity index is 585. The molecule has 8 heteroatoms. The highest BCUT2D eigenvalue weighted by Gasteiger charge is 2.03. The van der Waals surface area contributed by atoms with Crippen LogP contribution < -0.4 is 15.8 Å². The van der Waals surface area contributed by atoms with Gasteiger partial charge < -0.3 is 15.8 Å². The van der Waals surface area contributed by atoms with Gasteiger partial charge in [0.25, 0.3) is 0 Å². The van der Waals surface area contributed by atoms with Crippen molar-refractivity contribution in [1.29, 1.82) is 0 Å². The van der Waals surface area contributed by atoms with E-state index in [1.165, 1.54) is 0 Å². The first-order chi connectivity index (χ1) is 10.2.